The minimum absolute atomic E-state index is 0.0342. The number of para-hydroxylation sites is 1. The van der Waals surface area contributed by atoms with Crippen LogP contribution in [-0.4, -0.2) is 20.7 Å². The summed E-state index contributed by atoms with van der Waals surface area (Å²) in [6.07, 6.45) is 3.86. The van der Waals surface area contributed by atoms with E-state index in [2.05, 4.69) is 15.4 Å². The molecule has 1 aliphatic rings. The summed E-state index contributed by atoms with van der Waals surface area (Å²) in [4.78, 5) is 16.7. The third-order valence-corrected chi connectivity index (χ3v) is 5.21. The molecular formula is C21H18N4O2. The maximum atomic E-state index is 12.4. The molecule has 0 radical (unpaired) electrons. The molecule has 1 aromatic carbocycles. The zero-order valence-electron chi connectivity index (χ0n) is 15.1. The summed E-state index contributed by atoms with van der Waals surface area (Å²) in [5.74, 6) is 1.32. The Hall–Kier alpha value is -3.41. The fourth-order valence-electron chi connectivity index (χ4n) is 3.95. The van der Waals surface area contributed by atoms with Gasteiger partial charge in [0.1, 0.15) is 22.9 Å². The minimum Gasteiger partial charge on any atom is -0.460 e. The first-order chi connectivity index (χ1) is 13.1. The molecule has 6 nitrogen and oxygen atoms in total. The van der Waals surface area contributed by atoms with Crippen molar-refractivity contribution in [2.45, 2.75) is 19.3 Å². The molecule has 0 saturated heterocycles. The summed E-state index contributed by atoms with van der Waals surface area (Å²) >= 11 is 0. The molecule has 4 heterocycles. The van der Waals surface area contributed by atoms with Crippen LogP contribution in [0.25, 0.3) is 22.2 Å². The van der Waals surface area contributed by atoms with Gasteiger partial charge in [0.15, 0.2) is 0 Å². The van der Waals surface area contributed by atoms with Gasteiger partial charge in [0.25, 0.3) is 0 Å². The van der Waals surface area contributed by atoms with Crippen molar-refractivity contribution >= 4 is 22.7 Å². The number of benzene rings is 1. The fourth-order valence-corrected chi connectivity index (χ4v) is 3.95. The lowest BCUT2D eigenvalue weighted by molar-refractivity contribution is -0.116. The molecule has 6 heteroatoms. The molecule has 0 spiro atoms. The van der Waals surface area contributed by atoms with Crippen LogP contribution in [-0.2, 0) is 11.8 Å². The first kappa shape index (κ1) is 15.8. The number of carbonyl (C=O) groups is 1. The lowest BCUT2D eigenvalue weighted by Gasteiger charge is -2.23. The number of fused-ring (bicyclic) bond motifs is 2. The van der Waals surface area contributed by atoms with Gasteiger partial charge in [-0.05, 0) is 30.7 Å². The Morgan fingerprint density at radius 2 is 2.07 bits per heavy atom. The summed E-state index contributed by atoms with van der Waals surface area (Å²) < 4.78 is 7.93. The maximum absolute atomic E-state index is 12.4. The molecule has 0 fully saturated rings. The maximum Gasteiger partial charge on any atom is 0.226 e. The largest absolute Gasteiger partial charge is 0.460 e. The summed E-state index contributed by atoms with van der Waals surface area (Å²) in [7, 11) is 1.84. The zero-order chi connectivity index (χ0) is 18.5. The number of nitrogens with one attached hydrogen (secondary N) is 1. The lowest BCUT2D eigenvalue weighted by Crippen LogP contribution is -2.24. The van der Waals surface area contributed by atoms with Crippen LogP contribution in [0.1, 0.15) is 29.2 Å². The molecule has 1 aliphatic heterocycles. The Balaban J connectivity index is 1.76. The number of rotatable bonds is 2. The monoisotopic (exact) mass is 358 g/mol. The van der Waals surface area contributed by atoms with Crippen LogP contribution >= 0.6 is 0 Å². The number of carbonyl (C=O) groups excluding carboxylic acids is 1. The predicted octanol–water partition coefficient (Wildman–Crippen LogP) is 4.01. The summed E-state index contributed by atoms with van der Waals surface area (Å²) in [5.41, 5.74) is 4.63. The standard InChI is InChI=1S/C21H18N4O2/c1-12-14-7-3-4-8-16(14)27-20(12)15-10-17(26)23-21-18(15)19(24-25(21)2)13-6-5-9-22-11-13/h3-9,11,15H,10H2,1-2H3,(H,23,26). The highest BCUT2D eigenvalue weighted by Crippen LogP contribution is 2.45. The molecular weight excluding hydrogens is 340 g/mol. The van der Waals surface area contributed by atoms with E-state index < -0.39 is 0 Å². The van der Waals surface area contributed by atoms with E-state index in [4.69, 9.17) is 4.42 Å². The van der Waals surface area contributed by atoms with Crippen molar-refractivity contribution < 1.29 is 9.21 Å². The highest BCUT2D eigenvalue weighted by molar-refractivity contribution is 5.96. The van der Waals surface area contributed by atoms with Crippen LogP contribution in [0.4, 0.5) is 5.82 Å². The molecule has 27 heavy (non-hydrogen) atoms. The summed E-state index contributed by atoms with van der Waals surface area (Å²) in [5, 5.41) is 8.72. The first-order valence-electron chi connectivity index (χ1n) is 8.88. The van der Waals surface area contributed by atoms with Crippen molar-refractivity contribution in [1.82, 2.24) is 14.8 Å². The van der Waals surface area contributed by atoms with Crippen molar-refractivity contribution in [1.29, 1.82) is 0 Å². The number of hydrogen-bond acceptors (Lipinski definition) is 4. The Kier molecular flexibility index (Phi) is 3.40. The minimum atomic E-state index is -0.190. The van der Waals surface area contributed by atoms with Crippen molar-refractivity contribution in [3.05, 3.63) is 65.7 Å². The van der Waals surface area contributed by atoms with Crippen molar-refractivity contribution in [3.8, 4) is 11.3 Å². The molecule has 1 amide bonds. The SMILES string of the molecule is Cc1c(C2CC(=O)Nc3c2c(-c2cccnc2)nn3C)oc2ccccc12. The zero-order valence-corrected chi connectivity index (χ0v) is 15.1. The first-order valence-corrected chi connectivity index (χ1v) is 8.88. The van der Waals surface area contributed by atoms with Crippen LogP contribution in [0.5, 0.6) is 0 Å². The highest BCUT2D eigenvalue weighted by atomic mass is 16.3. The van der Waals surface area contributed by atoms with Gasteiger partial charge in [0.05, 0.1) is 5.92 Å². The van der Waals surface area contributed by atoms with Gasteiger partial charge in [-0.1, -0.05) is 18.2 Å². The van der Waals surface area contributed by atoms with E-state index in [0.29, 0.717) is 6.42 Å². The van der Waals surface area contributed by atoms with E-state index in [-0.39, 0.29) is 11.8 Å². The fraction of sp³-hybridized carbons (Fsp3) is 0.190. The van der Waals surface area contributed by atoms with Crippen molar-refractivity contribution in [2.24, 2.45) is 7.05 Å². The number of pyridine rings is 1. The van der Waals surface area contributed by atoms with Crippen LogP contribution in [0, 0.1) is 6.92 Å². The molecule has 5 rings (SSSR count). The van der Waals surface area contributed by atoms with Crippen LogP contribution in [0.15, 0.2) is 53.2 Å². The van der Waals surface area contributed by atoms with Gasteiger partial charge in [0.2, 0.25) is 5.91 Å². The Labute approximate surface area is 155 Å². The Bertz CT molecular complexity index is 1170. The van der Waals surface area contributed by atoms with Crippen molar-refractivity contribution in [3.63, 3.8) is 0 Å². The van der Waals surface area contributed by atoms with E-state index >= 15 is 0 Å². The van der Waals surface area contributed by atoms with E-state index in [1.165, 1.54) is 0 Å². The molecule has 0 saturated carbocycles. The van der Waals surface area contributed by atoms with Gasteiger partial charge in [-0.2, -0.15) is 5.10 Å². The molecule has 1 atom stereocenters. The molecule has 1 unspecified atom stereocenters. The normalized spacial score (nSPS) is 16.4. The van der Waals surface area contributed by atoms with Crippen LogP contribution < -0.4 is 5.32 Å². The van der Waals surface area contributed by atoms with Gasteiger partial charge >= 0.3 is 0 Å². The highest BCUT2D eigenvalue weighted by Gasteiger charge is 2.36. The van der Waals surface area contributed by atoms with Gasteiger partial charge < -0.3 is 9.73 Å². The molecule has 0 aliphatic carbocycles. The number of hydrogen-bond donors (Lipinski definition) is 1. The number of aryl methyl sites for hydroxylation is 2. The lowest BCUT2D eigenvalue weighted by atomic mass is 9.86. The van der Waals surface area contributed by atoms with Crippen molar-refractivity contribution in [2.75, 3.05) is 5.32 Å². The van der Waals surface area contributed by atoms with Crippen LogP contribution in [0.3, 0.4) is 0 Å². The average Bonchev–Trinajstić information content (AvgIpc) is 3.20. The number of anilines is 1. The second-order valence-corrected chi connectivity index (χ2v) is 6.87. The second kappa shape index (κ2) is 5.81. The topological polar surface area (TPSA) is 73.0 Å². The van der Waals surface area contributed by atoms with E-state index in [1.54, 1.807) is 17.1 Å². The molecule has 4 aromatic rings. The number of amides is 1. The summed E-state index contributed by atoms with van der Waals surface area (Å²) in [6, 6.07) is 11.8. The van der Waals surface area contributed by atoms with Gasteiger partial charge in [-0.25, -0.2) is 0 Å². The third kappa shape index (κ3) is 2.37. The van der Waals surface area contributed by atoms with Gasteiger partial charge in [0, 0.05) is 42.4 Å². The summed E-state index contributed by atoms with van der Waals surface area (Å²) in [6.45, 7) is 2.05. The van der Waals surface area contributed by atoms with E-state index in [9.17, 15) is 4.79 Å². The quantitative estimate of drug-likeness (QED) is 0.588. The smallest absolute Gasteiger partial charge is 0.226 e. The Morgan fingerprint density at radius 3 is 2.85 bits per heavy atom. The molecule has 1 N–H and O–H groups in total. The number of nitrogens with zero attached hydrogens (tertiary/aromatic N) is 3. The van der Waals surface area contributed by atoms with Gasteiger partial charge in [-0.3, -0.25) is 14.5 Å². The van der Waals surface area contributed by atoms with Gasteiger partial charge in [-0.15, -0.1) is 0 Å². The van der Waals surface area contributed by atoms with E-state index in [1.807, 2.05) is 50.4 Å². The van der Waals surface area contributed by atoms with E-state index in [0.717, 1.165) is 44.9 Å². The average molecular weight is 358 g/mol. The number of aromatic nitrogens is 3. The molecule has 0 bridgehead atoms. The van der Waals surface area contributed by atoms with Crippen LogP contribution in [0.2, 0.25) is 0 Å². The Morgan fingerprint density at radius 1 is 1.22 bits per heavy atom. The molecule has 134 valence electrons. The number of furan rings is 1. The second-order valence-electron chi connectivity index (χ2n) is 6.87. The molecule has 3 aromatic heterocycles. The predicted molar refractivity (Wildman–Crippen MR) is 102 cm³/mol. The third-order valence-electron chi connectivity index (χ3n) is 5.21.